The lowest BCUT2D eigenvalue weighted by atomic mass is 9.82. The fourth-order valence-electron chi connectivity index (χ4n) is 2.30. The number of hydrogen-bond donors (Lipinski definition) is 2. The summed E-state index contributed by atoms with van der Waals surface area (Å²) in [6.45, 7) is 10.2. The minimum absolute atomic E-state index is 0.0305. The second-order valence-corrected chi connectivity index (χ2v) is 5.45. The van der Waals surface area contributed by atoms with Crippen molar-refractivity contribution in [2.24, 2.45) is 0 Å². The van der Waals surface area contributed by atoms with E-state index in [1.807, 2.05) is 0 Å². The van der Waals surface area contributed by atoms with Crippen molar-refractivity contribution in [2.45, 2.75) is 33.1 Å². The van der Waals surface area contributed by atoms with Crippen LogP contribution in [0.1, 0.15) is 30.5 Å². The summed E-state index contributed by atoms with van der Waals surface area (Å²) in [5.41, 5.74) is 3.60. The van der Waals surface area contributed by atoms with Crippen molar-refractivity contribution in [3.63, 3.8) is 0 Å². The number of hydrogen-bond acceptors (Lipinski definition) is 3. The quantitative estimate of drug-likeness (QED) is 0.761. The first-order valence-electron chi connectivity index (χ1n) is 6.39. The van der Waals surface area contributed by atoms with E-state index in [0.29, 0.717) is 6.54 Å². The van der Waals surface area contributed by atoms with Crippen LogP contribution in [0.25, 0.3) is 0 Å². The number of aryl methyl sites for hydroxylation is 2. The molecule has 3 heteroatoms. The van der Waals surface area contributed by atoms with Crippen LogP contribution < -0.4 is 10.1 Å². The van der Waals surface area contributed by atoms with Crippen molar-refractivity contribution >= 4 is 0 Å². The molecule has 0 spiro atoms. The first-order valence-corrected chi connectivity index (χ1v) is 6.39. The van der Waals surface area contributed by atoms with Crippen LogP contribution in [0.4, 0.5) is 0 Å². The number of benzene rings is 1. The van der Waals surface area contributed by atoms with Crippen LogP contribution in [0.2, 0.25) is 0 Å². The van der Waals surface area contributed by atoms with E-state index in [2.05, 4.69) is 45.1 Å². The topological polar surface area (TPSA) is 41.5 Å². The zero-order chi connectivity index (χ0) is 13.8. The maximum atomic E-state index is 8.84. The summed E-state index contributed by atoms with van der Waals surface area (Å²) >= 11 is 0. The Bertz CT molecular complexity index is 400. The van der Waals surface area contributed by atoms with Gasteiger partial charge in [0.05, 0.1) is 13.7 Å². The minimum Gasteiger partial charge on any atom is -0.496 e. The van der Waals surface area contributed by atoms with Crippen LogP contribution in [0.3, 0.4) is 0 Å². The molecule has 0 aromatic heterocycles. The first kappa shape index (κ1) is 15.0. The number of aliphatic hydroxyl groups excluding tert-OH is 1. The third kappa shape index (κ3) is 3.47. The third-order valence-corrected chi connectivity index (χ3v) is 3.21. The van der Waals surface area contributed by atoms with Gasteiger partial charge in [-0.15, -0.1) is 0 Å². The van der Waals surface area contributed by atoms with Crippen molar-refractivity contribution < 1.29 is 9.84 Å². The number of nitrogens with one attached hydrogen (secondary N) is 1. The average molecular weight is 251 g/mol. The molecule has 0 saturated heterocycles. The molecule has 0 saturated carbocycles. The molecule has 1 aromatic carbocycles. The van der Waals surface area contributed by atoms with E-state index in [0.717, 1.165) is 12.3 Å². The molecule has 0 bridgehead atoms. The zero-order valence-corrected chi connectivity index (χ0v) is 12.1. The van der Waals surface area contributed by atoms with Gasteiger partial charge in [-0.3, -0.25) is 0 Å². The molecule has 1 rings (SSSR count). The van der Waals surface area contributed by atoms with Crippen LogP contribution >= 0.6 is 0 Å². The van der Waals surface area contributed by atoms with Gasteiger partial charge in [-0.05, 0) is 19.4 Å². The Morgan fingerprint density at radius 3 is 2.50 bits per heavy atom. The van der Waals surface area contributed by atoms with E-state index in [1.54, 1.807) is 7.11 Å². The molecule has 1 aromatic rings. The fraction of sp³-hybridized carbons (Fsp3) is 0.600. The highest BCUT2D eigenvalue weighted by molar-refractivity contribution is 5.47. The number of rotatable bonds is 6. The molecular formula is C15H25NO2. The first-order chi connectivity index (χ1) is 8.42. The van der Waals surface area contributed by atoms with Gasteiger partial charge in [0.1, 0.15) is 5.75 Å². The lowest BCUT2D eigenvalue weighted by molar-refractivity contribution is 0.286. The van der Waals surface area contributed by atoms with Crippen molar-refractivity contribution in [1.29, 1.82) is 0 Å². The molecule has 0 heterocycles. The summed E-state index contributed by atoms with van der Waals surface area (Å²) in [5, 5.41) is 12.1. The maximum Gasteiger partial charge on any atom is 0.125 e. The predicted molar refractivity (Wildman–Crippen MR) is 75.4 cm³/mol. The third-order valence-electron chi connectivity index (χ3n) is 3.21. The van der Waals surface area contributed by atoms with Crippen LogP contribution in [-0.2, 0) is 5.41 Å². The molecular weight excluding hydrogens is 226 g/mol. The molecule has 3 nitrogen and oxygen atoms in total. The van der Waals surface area contributed by atoms with Crippen LogP contribution in [0.15, 0.2) is 12.1 Å². The normalized spacial score (nSPS) is 11.7. The summed E-state index contributed by atoms with van der Waals surface area (Å²) in [7, 11) is 1.72. The van der Waals surface area contributed by atoms with E-state index in [1.165, 1.54) is 16.7 Å². The molecule has 18 heavy (non-hydrogen) atoms. The SMILES string of the molecule is COc1c(C)cc(C)cc1C(C)(C)CNCCO. The summed E-state index contributed by atoms with van der Waals surface area (Å²) in [4.78, 5) is 0. The Balaban J connectivity index is 3.05. The van der Waals surface area contributed by atoms with Gasteiger partial charge in [0, 0.05) is 24.1 Å². The van der Waals surface area contributed by atoms with Crippen LogP contribution in [0, 0.1) is 13.8 Å². The average Bonchev–Trinajstić information content (AvgIpc) is 2.28. The highest BCUT2D eigenvalue weighted by atomic mass is 16.5. The van der Waals surface area contributed by atoms with Crippen molar-refractivity contribution in [3.8, 4) is 5.75 Å². The second kappa shape index (κ2) is 6.21. The van der Waals surface area contributed by atoms with E-state index < -0.39 is 0 Å². The Hall–Kier alpha value is -1.06. The number of ether oxygens (including phenoxy) is 1. The lowest BCUT2D eigenvalue weighted by Crippen LogP contribution is -2.34. The maximum absolute atomic E-state index is 8.84. The van der Waals surface area contributed by atoms with Gasteiger partial charge >= 0.3 is 0 Å². The van der Waals surface area contributed by atoms with Crippen LogP contribution in [-0.4, -0.2) is 31.9 Å². The van der Waals surface area contributed by atoms with E-state index in [4.69, 9.17) is 9.84 Å². The summed E-state index contributed by atoms with van der Waals surface area (Å²) in [5.74, 6) is 0.969. The van der Waals surface area contributed by atoms with E-state index in [9.17, 15) is 0 Å². The second-order valence-electron chi connectivity index (χ2n) is 5.45. The highest BCUT2D eigenvalue weighted by Crippen LogP contribution is 2.34. The van der Waals surface area contributed by atoms with Gasteiger partial charge in [-0.25, -0.2) is 0 Å². The molecule has 0 aliphatic rings. The Kier molecular flexibility index (Phi) is 5.17. The molecule has 102 valence electrons. The van der Waals surface area contributed by atoms with Gasteiger partial charge in [0.2, 0.25) is 0 Å². The monoisotopic (exact) mass is 251 g/mol. The smallest absolute Gasteiger partial charge is 0.125 e. The zero-order valence-electron chi connectivity index (χ0n) is 12.1. The standard InChI is InChI=1S/C15H25NO2/c1-11-8-12(2)14(18-5)13(9-11)15(3,4)10-16-6-7-17/h8-9,16-17H,6-7,10H2,1-5H3. The molecule has 0 atom stereocenters. The molecule has 0 aliphatic heterocycles. The van der Waals surface area contributed by atoms with Crippen molar-refractivity contribution in [1.82, 2.24) is 5.32 Å². The van der Waals surface area contributed by atoms with Gasteiger partial charge < -0.3 is 15.2 Å². The highest BCUT2D eigenvalue weighted by Gasteiger charge is 2.25. The molecule has 0 radical (unpaired) electrons. The number of aliphatic hydroxyl groups is 1. The van der Waals surface area contributed by atoms with Crippen LogP contribution in [0.5, 0.6) is 5.75 Å². The van der Waals surface area contributed by atoms with Gasteiger partial charge in [-0.1, -0.05) is 31.5 Å². The largest absolute Gasteiger partial charge is 0.496 e. The molecule has 0 aliphatic carbocycles. The van der Waals surface area contributed by atoms with E-state index >= 15 is 0 Å². The Morgan fingerprint density at radius 1 is 1.28 bits per heavy atom. The summed E-state index contributed by atoms with van der Waals surface area (Å²) in [6.07, 6.45) is 0. The summed E-state index contributed by atoms with van der Waals surface area (Å²) in [6, 6.07) is 4.33. The molecule has 2 N–H and O–H groups in total. The van der Waals surface area contributed by atoms with Gasteiger partial charge in [0.15, 0.2) is 0 Å². The molecule has 0 amide bonds. The minimum atomic E-state index is -0.0305. The van der Waals surface area contributed by atoms with Crippen molar-refractivity contribution in [3.05, 3.63) is 28.8 Å². The lowest BCUT2D eigenvalue weighted by Gasteiger charge is -2.29. The fourth-order valence-corrected chi connectivity index (χ4v) is 2.30. The van der Waals surface area contributed by atoms with Crippen molar-refractivity contribution in [2.75, 3.05) is 26.8 Å². The van der Waals surface area contributed by atoms with E-state index in [-0.39, 0.29) is 12.0 Å². The van der Waals surface area contributed by atoms with Gasteiger partial charge in [-0.2, -0.15) is 0 Å². The number of methoxy groups -OCH3 is 1. The Labute approximate surface area is 110 Å². The van der Waals surface area contributed by atoms with Gasteiger partial charge in [0.25, 0.3) is 0 Å². The molecule has 0 unspecified atom stereocenters. The molecule has 0 fully saturated rings. The summed E-state index contributed by atoms with van der Waals surface area (Å²) < 4.78 is 5.55. The predicted octanol–water partition coefficient (Wildman–Crippen LogP) is 2.17. The Morgan fingerprint density at radius 2 is 1.94 bits per heavy atom.